The van der Waals surface area contributed by atoms with Gasteiger partial charge in [-0.1, -0.05) is 34.6 Å². The summed E-state index contributed by atoms with van der Waals surface area (Å²) in [6.07, 6.45) is 5.39. The number of halogens is 2. The fourth-order valence-corrected chi connectivity index (χ4v) is 10.4. The molecule has 0 aromatic carbocycles. The molecule has 5 fully saturated rings. The molecule has 0 amide bonds. The van der Waals surface area contributed by atoms with Crippen molar-refractivity contribution < 1.29 is 22.7 Å². The van der Waals surface area contributed by atoms with E-state index in [1.54, 1.807) is 0 Å². The summed E-state index contributed by atoms with van der Waals surface area (Å²) in [5.74, 6) is 0.797. The van der Waals surface area contributed by atoms with E-state index in [2.05, 4.69) is 47.7 Å². The van der Waals surface area contributed by atoms with Gasteiger partial charge in [0.25, 0.3) is 6.08 Å². The molecule has 1 aliphatic heterocycles. The number of hydrogen-bond acceptors (Lipinski definition) is 3. The topological polar surface area (TPSA) is 27.7 Å². The van der Waals surface area contributed by atoms with Crippen LogP contribution in [0.2, 0.25) is 18.1 Å². The lowest BCUT2D eigenvalue weighted by Crippen LogP contribution is -2.63. The SMILES string of the molecule is CC1(C)O[C@@H]2C3C(CC[C@]4(C)C(=C(F)F)CCC34)[C@@]3(C)CC[C@H](O[Si](C)(C)C(C)(C)C)CC3[C@H]2O1. The zero-order valence-electron chi connectivity index (χ0n) is 23.5. The van der Waals surface area contributed by atoms with Crippen molar-refractivity contribution in [3.63, 3.8) is 0 Å². The van der Waals surface area contributed by atoms with E-state index in [1.807, 2.05) is 13.8 Å². The highest BCUT2D eigenvalue weighted by Gasteiger charge is 2.68. The summed E-state index contributed by atoms with van der Waals surface area (Å²) in [7, 11) is -1.86. The smallest absolute Gasteiger partial charge is 0.270 e. The Bertz CT molecular complexity index is 891. The van der Waals surface area contributed by atoms with Crippen molar-refractivity contribution in [1.29, 1.82) is 0 Å². The second-order valence-electron chi connectivity index (χ2n) is 15.0. The van der Waals surface area contributed by atoms with Crippen LogP contribution in [0.4, 0.5) is 8.78 Å². The molecule has 0 spiro atoms. The molecule has 1 saturated heterocycles. The van der Waals surface area contributed by atoms with Gasteiger partial charge >= 0.3 is 0 Å². The van der Waals surface area contributed by atoms with Gasteiger partial charge in [0.1, 0.15) is 0 Å². The van der Waals surface area contributed by atoms with Crippen LogP contribution in [-0.2, 0) is 13.9 Å². The van der Waals surface area contributed by atoms with E-state index in [0.717, 1.165) is 38.5 Å². The van der Waals surface area contributed by atoms with Crippen molar-refractivity contribution in [2.45, 2.75) is 136 Å². The first kappa shape index (κ1) is 26.3. The molecule has 9 atom stereocenters. The highest BCUT2D eigenvalue weighted by Crippen LogP contribution is 2.70. The standard InChI is InChI=1S/C29H48F2O3Si/c1-26(2,3)35(8,9)34-17-12-14-29(7)19-13-15-28(6)18(10-11-20(28)25(30)31)22(19)24-23(21(29)16-17)32-27(4,5)33-24/h17-19,21-24H,10-16H2,1-9H3/t17-,18?,19?,21?,22?,23+,24+,28-,29+/m0/s1. The maximum absolute atomic E-state index is 14.0. The predicted molar refractivity (Wildman–Crippen MR) is 138 cm³/mol. The van der Waals surface area contributed by atoms with Crippen molar-refractivity contribution in [2.75, 3.05) is 0 Å². The molecule has 5 aliphatic rings. The molecule has 0 N–H and O–H groups in total. The molecule has 200 valence electrons. The molecule has 0 aromatic rings. The van der Waals surface area contributed by atoms with Crippen molar-refractivity contribution >= 4 is 8.32 Å². The van der Waals surface area contributed by atoms with Gasteiger partial charge in [-0.05, 0) is 111 Å². The Kier molecular flexibility index (Phi) is 6.09. The van der Waals surface area contributed by atoms with Gasteiger partial charge in [-0.3, -0.25) is 0 Å². The van der Waals surface area contributed by atoms with Crippen molar-refractivity contribution in [2.24, 2.45) is 34.5 Å². The van der Waals surface area contributed by atoms with Crippen LogP contribution >= 0.6 is 0 Å². The van der Waals surface area contributed by atoms with Crippen LogP contribution in [0.15, 0.2) is 11.7 Å². The molecule has 4 aliphatic carbocycles. The maximum Gasteiger partial charge on any atom is 0.270 e. The molecule has 1 heterocycles. The predicted octanol–water partition coefficient (Wildman–Crippen LogP) is 8.31. The minimum absolute atomic E-state index is 0.00802. The van der Waals surface area contributed by atoms with Crippen LogP contribution in [0.3, 0.4) is 0 Å². The van der Waals surface area contributed by atoms with E-state index >= 15 is 0 Å². The number of rotatable bonds is 2. The lowest BCUT2D eigenvalue weighted by atomic mass is 9.43. The highest BCUT2D eigenvalue weighted by molar-refractivity contribution is 6.74. The van der Waals surface area contributed by atoms with E-state index in [4.69, 9.17) is 13.9 Å². The molecule has 3 nitrogen and oxygen atoms in total. The first-order valence-electron chi connectivity index (χ1n) is 14.1. The van der Waals surface area contributed by atoms with Gasteiger partial charge in [0, 0.05) is 11.7 Å². The van der Waals surface area contributed by atoms with Gasteiger partial charge in [-0.25, -0.2) is 0 Å². The Morgan fingerprint density at radius 2 is 1.57 bits per heavy atom. The summed E-state index contributed by atoms with van der Waals surface area (Å²) in [4.78, 5) is 0. The van der Waals surface area contributed by atoms with Crippen molar-refractivity contribution in [1.82, 2.24) is 0 Å². The van der Waals surface area contributed by atoms with Crippen LogP contribution in [0.25, 0.3) is 0 Å². The number of fused-ring (bicyclic) bond motifs is 8. The largest absolute Gasteiger partial charge is 0.414 e. The molecular formula is C29H48F2O3Si. The van der Waals surface area contributed by atoms with Crippen molar-refractivity contribution in [3.05, 3.63) is 11.7 Å². The zero-order chi connectivity index (χ0) is 25.8. The van der Waals surface area contributed by atoms with Crippen LogP contribution in [0, 0.1) is 34.5 Å². The average molecular weight is 511 g/mol. The monoisotopic (exact) mass is 510 g/mol. The summed E-state index contributed by atoms with van der Waals surface area (Å²) in [5.41, 5.74) is 0.173. The normalized spacial score (nSPS) is 47.1. The maximum atomic E-state index is 14.0. The van der Waals surface area contributed by atoms with E-state index in [9.17, 15) is 8.78 Å². The molecule has 0 bridgehead atoms. The number of allylic oxidation sites excluding steroid dienone is 1. The molecular weight excluding hydrogens is 462 g/mol. The minimum Gasteiger partial charge on any atom is -0.414 e. The minimum atomic E-state index is -1.86. The Hall–Kier alpha value is -0.303. The van der Waals surface area contributed by atoms with Gasteiger partial charge < -0.3 is 13.9 Å². The lowest BCUT2D eigenvalue weighted by molar-refractivity contribution is -0.181. The molecule has 35 heavy (non-hydrogen) atoms. The van der Waals surface area contributed by atoms with Crippen molar-refractivity contribution in [3.8, 4) is 0 Å². The Balaban J connectivity index is 1.49. The van der Waals surface area contributed by atoms with Crippen LogP contribution in [-0.4, -0.2) is 32.4 Å². The fourth-order valence-electron chi connectivity index (χ4n) is 8.97. The van der Waals surface area contributed by atoms with Gasteiger partial charge in [-0.2, -0.15) is 8.78 Å². The van der Waals surface area contributed by atoms with E-state index in [-0.39, 0.29) is 40.6 Å². The van der Waals surface area contributed by atoms with Gasteiger partial charge in [-0.15, -0.1) is 0 Å². The van der Waals surface area contributed by atoms with E-state index in [0.29, 0.717) is 23.8 Å². The number of ether oxygens (including phenoxy) is 2. The Morgan fingerprint density at radius 1 is 0.914 bits per heavy atom. The Morgan fingerprint density at radius 3 is 2.20 bits per heavy atom. The van der Waals surface area contributed by atoms with Gasteiger partial charge in [0.15, 0.2) is 14.1 Å². The number of hydrogen-bond donors (Lipinski definition) is 0. The highest BCUT2D eigenvalue weighted by atomic mass is 28.4. The first-order valence-corrected chi connectivity index (χ1v) is 17.0. The quantitative estimate of drug-likeness (QED) is 0.350. The summed E-state index contributed by atoms with van der Waals surface area (Å²) in [6, 6.07) is 0. The van der Waals surface area contributed by atoms with Gasteiger partial charge in [0.2, 0.25) is 0 Å². The third-order valence-electron chi connectivity index (χ3n) is 11.8. The molecule has 4 saturated carbocycles. The lowest BCUT2D eigenvalue weighted by Gasteiger charge is -2.63. The second kappa shape index (κ2) is 8.10. The van der Waals surface area contributed by atoms with Gasteiger partial charge in [0.05, 0.1) is 12.2 Å². The molecule has 6 heteroatoms. The van der Waals surface area contributed by atoms with Crippen LogP contribution in [0.1, 0.15) is 93.4 Å². The third kappa shape index (κ3) is 3.94. The summed E-state index contributed by atoms with van der Waals surface area (Å²) >= 11 is 0. The summed E-state index contributed by atoms with van der Waals surface area (Å²) in [5, 5.41) is 0.191. The average Bonchev–Trinajstić information content (AvgIpc) is 3.23. The Labute approximate surface area is 212 Å². The summed E-state index contributed by atoms with van der Waals surface area (Å²) in [6.45, 7) is 20.3. The summed E-state index contributed by atoms with van der Waals surface area (Å²) < 4.78 is 48.3. The second-order valence-corrected chi connectivity index (χ2v) is 19.7. The van der Waals surface area contributed by atoms with Crippen LogP contribution < -0.4 is 0 Å². The molecule has 0 aromatic heterocycles. The molecule has 0 radical (unpaired) electrons. The molecule has 4 unspecified atom stereocenters. The van der Waals surface area contributed by atoms with E-state index < -0.39 is 25.6 Å². The fraction of sp³-hybridized carbons (Fsp3) is 0.931. The third-order valence-corrected chi connectivity index (χ3v) is 16.3. The van der Waals surface area contributed by atoms with E-state index in [1.165, 1.54) is 0 Å². The van der Waals surface area contributed by atoms with Crippen LogP contribution in [0.5, 0.6) is 0 Å². The zero-order valence-corrected chi connectivity index (χ0v) is 24.5. The molecule has 5 rings (SSSR count). The first-order chi connectivity index (χ1) is 16.0.